The maximum atomic E-state index is 12.8. The lowest BCUT2D eigenvalue weighted by Gasteiger charge is -2.20. The van der Waals surface area contributed by atoms with Crippen LogP contribution in [0.25, 0.3) is 0 Å². The Balaban J connectivity index is 2.44. The van der Waals surface area contributed by atoms with E-state index in [1.807, 2.05) is 0 Å². The van der Waals surface area contributed by atoms with Gasteiger partial charge >= 0.3 is 0 Å². The van der Waals surface area contributed by atoms with Crippen molar-refractivity contribution in [3.05, 3.63) is 54.1 Å². The Kier molecular flexibility index (Phi) is 5.93. The van der Waals surface area contributed by atoms with Crippen LogP contribution in [0.1, 0.15) is 23.2 Å². The summed E-state index contributed by atoms with van der Waals surface area (Å²) in [5.74, 6) is -0.0689. The standard InChI is InChI=1S/C18H19NO5S/c1-19(14-7-4-3-5-8-14)25(22,23)15-10-11-18(24-2)16(13-15)17(21)9-6-12-20/h3-5,7-8,10-13H,6,9H2,1-2H3. The lowest BCUT2D eigenvalue weighted by atomic mass is 10.1. The highest BCUT2D eigenvalue weighted by Gasteiger charge is 2.24. The van der Waals surface area contributed by atoms with Gasteiger partial charge < -0.3 is 9.53 Å². The van der Waals surface area contributed by atoms with E-state index in [0.29, 0.717) is 12.0 Å². The maximum Gasteiger partial charge on any atom is 0.264 e. The SMILES string of the molecule is COc1ccc(S(=O)(=O)N(C)c2ccccc2)cc1C(=O)CCC=O. The molecule has 0 N–H and O–H groups in total. The number of Topliss-reactive ketones (excluding diaryl/α,β-unsaturated/α-hetero) is 1. The summed E-state index contributed by atoms with van der Waals surface area (Å²) in [6, 6.07) is 12.8. The van der Waals surface area contributed by atoms with Crippen LogP contribution in [0.15, 0.2) is 53.4 Å². The highest BCUT2D eigenvalue weighted by atomic mass is 32.2. The Labute approximate surface area is 147 Å². The van der Waals surface area contributed by atoms with Crippen LogP contribution < -0.4 is 9.04 Å². The number of ketones is 1. The first-order valence-corrected chi connectivity index (χ1v) is 9.04. The van der Waals surface area contributed by atoms with Crippen LogP contribution in [-0.4, -0.2) is 34.6 Å². The number of hydrogen-bond donors (Lipinski definition) is 0. The topological polar surface area (TPSA) is 80.8 Å². The van der Waals surface area contributed by atoms with Gasteiger partial charge in [-0.05, 0) is 30.3 Å². The number of hydrogen-bond acceptors (Lipinski definition) is 5. The highest BCUT2D eigenvalue weighted by molar-refractivity contribution is 7.92. The van der Waals surface area contributed by atoms with Crippen LogP contribution in [-0.2, 0) is 14.8 Å². The van der Waals surface area contributed by atoms with Crippen molar-refractivity contribution in [1.82, 2.24) is 0 Å². The molecule has 7 heteroatoms. The summed E-state index contributed by atoms with van der Waals surface area (Å²) in [6.07, 6.45) is 0.717. The summed E-state index contributed by atoms with van der Waals surface area (Å²) in [6.45, 7) is 0. The van der Waals surface area contributed by atoms with Crippen molar-refractivity contribution in [1.29, 1.82) is 0 Å². The molecule has 0 aromatic heterocycles. The molecule has 0 saturated heterocycles. The van der Waals surface area contributed by atoms with E-state index in [9.17, 15) is 18.0 Å². The van der Waals surface area contributed by atoms with Crippen molar-refractivity contribution >= 4 is 27.8 Å². The molecule has 2 rings (SSSR count). The Bertz CT molecular complexity index is 862. The van der Waals surface area contributed by atoms with Crippen molar-refractivity contribution in [2.45, 2.75) is 17.7 Å². The zero-order valence-electron chi connectivity index (χ0n) is 14.0. The summed E-state index contributed by atoms with van der Waals surface area (Å²) < 4.78 is 32.0. The van der Waals surface area contributed by atoms with Gasteiger partial charge in [0, 0.05) is 19.9 Å². The lowest BCUT2D eigenvalue weighted by Crippen LogP contribution is -2.26. The molecule has 6 nitrogen and oxygen atoms in total. The van der Waals surface area contributed by atoms with E-state index in [0.717, 1.165) is 4.31 Å². The smallest absolute Gasteiger partial charge is 0.264 e. The fourth-order valence-electron chi connectivity index (χ4n) is 2.32. The molecule has 0 bridgehead atoms. The predicted molar refractivity (Wildman–Crippen MR) is 94.7 cm³/mol. The molecule has 0 aliphatic carbocycles. The third kappa shape index (κ3) is 4.06. The summed E-state index contributed by atoms with van der Waals surface area (Å²) in [4.78, 5) is 22.7. The van der Waals surface area contributed by atoms with Gasteiger partial charge in [0.25, 0.3) is 10.0 Å². The second-order valence-corrected chi connectivity index (χ2v) is 7.27. The van der Waals surface area contributed by atoms with Gasteiger partial charge in [0.05, 0.1) is 23.3 Å². The molecule has 25 heavy (non-hydrogen) atoms. The van der Waals surface area contributed by atoms with Crippen LogP contribution in [0.2, 0.25) is 0 Å². The van der Waals surface area contributed by atoms with Gasteiger partial charge in [-0.3, -0.25) is 9.10 Å². The molecule has 0 atom stereocenters. The van der Waals surface area contributed by atoms with Crippen LogP contribution in [0, 0.1) is 0 Å². The van der Waals surface area contributed by atoms with Crippen molar-refractivity contribution in [3.8, 4) is 5.75 Å². The zero-order valence-corrected chi connectivity index (χ0v) is 14.8. The van der Waals surface area contributed by atoms with Crippen molar-refractivity contribution in [2.24, 2.45) is 0 Å². The number of rotatable bonds is 8. The number of aldehydes is 1. The van der Waals surface area contributed by atoms with Gasteiger partial charge in [0.15, 0.2) is 5.78 Å². The number of carbonyl (C=O) groups excluding carboxylic acids is 2. The number of methoxy groups -OCH3 is 1. The molecule has 0 aliphatic heterocycles. The third-order valence-corrected chi connectivity index (χ3v) is 5.52. The Hall–Kier alpha value is -2.67. The average molecular weight is 361 g/mol. The first kappa shape index (κ1) is 18.7. The minimum atomic E-state index is -3.84. The monoisotopic (exact) mass is 361 g/mol. The van der Waals surface area contributed by atoms with E-state index in [-0.39, 0.29) is 34.8 Å². The van der Waals surface area contributed by atoms with Gasteiger partial charge in [-0.1, -0.05) is 18.2 Å². The molecule has 2 aromatic rings. The number of anilines is 1. The van der Waals surface area contributed by atoms with Crippen molar-refractivity contribution in [3.63, 3.8) is 0 Å². The Morgan fingerprint density at radius 1 is 1.16 bits per heavy atom. The summed E-state index contributed by atoms with van der Waals surface area (Å²) in [5.41, 5.74) is 0.652. The fraction of sp³-hybridized carbons (Fsp3) is 0.222. The molecule has 0 unspecified atom stereocenters. The number of para-hydroxylation sites is 1. The van der Waals surface area contributed by atoms with Gasteiger partial charge in [0.2, 0.25) is 0 Å². The molecular formula is C18H19NO5S. The zero-order chi connectivity index (χ0) is 18.4. The quantitative estimate of drug-likeness (QED) is 0.533. The van der Waals surface area contributed by atoms with E-state index >= 15 is 0 Å². The minimum absolute atomic E-state index is 0.00210. The normalized spacial score (nSPS) is 11.0. The molecule has 0 aliphatic rings. The van der Waals surface area contributed by atoms with Crippen LogP contribution >= 0.6 is 0 Å². The van der Waals surface area contributed by atoms with Gasteiger partial charge in [-0.15, -0.1) is 0 Å². The molecule has 0 heterocycles. The molecule has 0 fully saturated rings. The largest absolute Gasteiger partial charge is 0.496 e. The molecule has 0 radical (unpaired) electrons. The van der Waals surface area contributed by atoms with E-state index in [2.05, 4.69) is 0 Å². The molecule has 132 valence electrons. The van der Waals surface area contributed by atoms with E-state index in [1.54, 1.807) is 30.3 Å². The number of sulfonamides is 1. The second-order valence-electron chi connectivity index (χ2n) is 5.30. The number of carbonyl (C=O) groups is 2. The second kappa shape index (κ2) is 7.94. The molecule has 0 spiro atoms. The molecular weight excluding hydrogens is 342 g/mol. The van der Waals surface area contributed by atoms with Gasteiger partial charge in [0.1, 0.15) is 12.0 Å². The summed E-state index contributed by atoms with van der Waals surface area (Å²) in [7, 11) is -0.991. The third-order valence-electron chi connectivity index (χ3n) is 3.74. The molecule has 0 saturated carbocycles. The minimum Gasteiger partial charge on any atom is -0.496 e. The first-order valence-electron chi connectivity index (χ1n) is 7.60. The Morgan fingerprint density at radius 2 is 1.84 bits per heavy atom. The maximum absolute atomic E-state index is 12.8. The van der Waals surface area contributed by atoms with E-state index in [1.165, 1.54) is 32.4 Å². The van der Waals surface area contributed by atoms with E-state index in [4.69, 9.17) is 4.74 Å². The lowest BCUT2D eigenvalue weighted by molar-refractivity contribution is -0.107. The highest BCUT2D eigenvalue weighted by Crippen LogP contribution is 2.27. The van der Waals surface area contributed by atoms with Crippen molar-refractivity contribution < 1.29 is 22.7 Å². The molecule has 0 amide bonds. The summed E-state index contributed by atoms with van der Waals surface area (Å²) >= 11 is 0. The average Bonchev–Trinajstić information content (AvgIpc) is 2.65. The first-order chi connectivity index (χ1) is 11.9. The number of ether oxygens (including phenoxy) is 1. The Morgan fingerprint density at radius 3 is 2.44 bits per heavy atom. The number of benzene rings is 2. The van der Waals surface area contributed by atoms with Crippen LogP contribution in [0.5, 0.6) is 5.75 Å². The van der Waals surface area contributed by atoms with Crippen molar-refractivity contribution in [2.75, 3.05) is 18.5 Å². The van der Waals surface area contributed by atoms with Gasteiger partial charge in [-0.2, -0.15) is 0 Å². The number of nitrogens with zero attached hydrogens (tertiary/aromatic N) is 1. The summed E-state index contributed by atoms with van der Waals surface area (Å²) in [5, 5.41) is 0. The molecule has 2 aromatic carbocycles. The van der Waals surface area contributed by atoms with Gasteiger partial charge in [-0.25, -0.2) is 8.42 Å². The van der Waals surface area contributed by atoms with E-state index < -0.39 is 10.0 Å². The van der Waals surface area contributed by atoms with Crippen LogP contribution in [0.3, 0.4) is 0 Å². The predicted octanol–water partition coefficient (Wildman–Crippen LogP) is 2.68. The fourth-order valence-corrected chi connectivity index (χ4v) is 3.55. The van der Waals surface area contributed by atoms with Crippen LogP contribution in [0.4, 0.5) is 5.69 Å².